The summed E-state index contributed by atoms with van der Waals surface area (Å²) in [5.74, 6) is -0.505. The highest BCUT2D eigenvalue weighted by Crippen LogP contribution is 2.44. The van der Waals surface area contributed by atoms with E-state index < -0.39 is 11.6 Å². The third-order valence-corrected chi connectivity index (χ3v) is 4.98. The van der Waals surface area contributed by atoms with Gasteiger partial charge in [-0.3, -0.25) is 0 Å². The molecule has 1 aliphatic heterocycles. The Bertz CT molecular complexity index is 649. The molecule has 0 aromatic heterocycles. The van der Waals surface area contributed by atoms with Crippen LogP contribution < -0.4 is 0 Å². The molecule has 0 fully saturated rings. The fraction of sp³-hybridized carbons (Fsp3) is 0.294. The van der Waals surface area contributed by atoms with Crippen molar-refractivity contribution in [1.29, 1.82) is 0 Å². The second-order valence-corrected chi connectivity index (χ2v) is 6.49. The van der Waals surface area contributed by atoms with Crippen LogP contribution >= 0.6 is 11.8 Å². The summed E-state index contributed by atoms with van der Waals surface area (Å²) in [6, 6.07) is 11.2. The Morgan fingerprint density at radius 1 is 1.05 bits per heavy atom. The van der Waals surface area contributed by atoms with Crippen molar-refractivity contribution in [1.82, 2.24) is 0 Å². The summed E-state index contributed by atoms with van der Waals surface area (Å²) in [4.78, 5) is 1.17. The van der Waals surface area contributed by atoms with Gasteiger partial charge >= 0.3 is 0 Å². The molecule has 20 heavy (non-hydrogen) atoms. The summed E-state index contributed by atoms with van der Waals surface area (Å²) in [6.45, 7) is 4.25. The summed E-state index contributed by atoms with van der Waals surface area (Å²) >= 11 is 1.59. The molecule has 0 aliphatic carbocycles. The Morgan fingerprint density at radius 2 is 1.80 bits per heavy atom. The maximum absolute atomic E-state index is 14.1. The average molecular weight is 290 g/mol. The van der Waals surface area contributed by atoms with Crippen LogP contribution in [0.15, 0.2) is 41.3 Å². The lowest BCUT2D eigenvalue weighted by Crippen LogP contribution is -2.11. The van der Waals surface area contributed by atoms with Gasteiger partial charge in [-0.05, 0) is 29.2 Å². The fourth-order valence-corrected chi connectivity index (χ4v) is 4.08. The molecule has 3 rings (SSSR count). The molecule has 1 unspecified atom stereocenters. The average Bonchev–Trinajstić information content (AvgIpc) is 2.60. The molecule has 1 atom stereocenters. The van der Waals surface area contributed by atoms with Crippen molar-refractivity contribution < 1.29 is 8.78 Å². The van der Waals surface area contributed by atoms with Gasteiger partial charge in [0.2, 0.25) is 0 Å². The molecule has 2 aromatic carbocycles. The number of rotatable bonds is 1. The van der Waals surface area contributed by atoms with Gasteiger partial charge in [-0.25, -0.2) is 8.78 Å². The van der Waals surface area contributed by atoms with Crippen molar-refractivity contribution in [3.63, 3.8) is 0 Å². The lowest BCUT2D eigenvalue weighted by Gasteiger charge is -2.23. The van der Waals surface area contributed by atoms with Crippen LogP contribution in [0.3, 0.4) is 0 Å². The minimum Gasteiger partial charge on any atom is -0.204 e. The molecule has 3 heteroatoms. The van der Waals surface area contributed by atoms with Crippen molar-refractivity contribution in [3.05, 3.63) is 64.7 Å². The zero-order chi connectivity index (χ0) is 14.3. The second kappa shape index (κ2) is 5.21. The molecular weight excluding hydrogens is 274 g/mol. The van der Waals surface area contributed by atoms with Crippen molar-refractivity contribution in [3.8, 4) is 0 Å². The molecule has 0 nitrogen and oxygen atoms in total. The van der Waals surface area contributed by atoms with E-state index in [2.05, 4.69) is 26.0 Å². The van der Waals surface area contributed by atoms with E-state index in [0.29, 0.717) is 17.2 Å². The zero-order valence-electron chi connectivity index (χ0n) is 11.5. The highest BCUT2D eigenvalue weighted by Gasteiger charge is 2.28. The van der Waals surface area contributed by atoms with Crippen LogP contribution in [0.5, 0.6) is 0 Å². The van der Waals surface area contributed by atoms with Crippen molar-refractivity contribution in [2.75, 3.05) is 0 Å². The molecule has 1 heterocycles. The normalized spacial score (nSPS) is 17.6. The quantitative estimate of drug-likeness (QED) is 0.681. The Labute approximate surface area is 122 Å². The smallest absolute Gasteiger partial charge is 0.163 e. The van der Waals surface area contributed by atoms with E-state index in [4.69, 9.17) is 0 Å². The first-order valence-electron chi connectivity index (χ1n) is 6.78. The second-order valence-electron chi connectivity index (χ2n) is 5.48. The lowest BCUT2D eigenvalue weighted by atomic mass is 9.80. The largest absolute Gasteiger partial charge is 0.204 e. The molecule has 0 saturated heterocycles. The van der Waals surface area contributed by atoms with Crippen molar-refractivity contribution in [2.24, 2.45) is 5.92 Å². The van der Waals surface area contributed by atoms with Crippen molar-refractivity contribution >= 4 is 11.8 Å². The SMILES string of the molecule is CC(C)C1c2ccccc2SCc2c1ccc(F)c2F. The van der Waals surface area contributed by atoms with E-state index in [1.807, 2.05) is 12.1 Å². The van der Waals surface area contributed by atoms with Crippen LogP contribution in [0.4, 0.5) is 8.78 Å². The predicted molar refractivity (Wildman–Crippen MR) is 79.0 cm³/mol. The maximum Gasteiger partial charge on any atom is 0.163 e. The fourth-order valence-electron chi connectivity index (χ4n) is 2.95. The van der Waals surface area contributed by atoms with Gasteiger partial charge in [0.05, 0.1) is 0 Å². The summed E-state index contributed by atoms with van der Waals surface area (Å²) in [5, 5.41) is 0. The van der Waals surface area contributed by atoms with E-state index >= 15 is 0 Å². The summed E-state index contributed by atoms with van der Waals surface area (Å²) in [7, 11) is 0. The first-order chi connectivity index (χ1) is 9.59. The van der Waals surface area contributed by atoms with E-state index in [9.17, 15) is 8.78 Å². The van der Waals surface area contributed by atoms with Crippen LogP contribution in [0, 0.1) is 17.6 Å². The van der Waals surface area contributed by atoms with Gasteiger partial charge < -0.3 is 0 Å². The first kappa shape index (κ1) is 13.6. The Morgan fingerprint density at radius 3 is 2.55 bits per heavy atom. The van der Waals surface area contributed by atoms with Crippen LogP contribution in [0.2, 0.25) is 0 Å². The van der Waals surface area contributed by atoms with Crippen LogP contribution in [-0.2, 0) is 5.75 Å². The molecule has 2 aromatic rings. The van der Waals surface area contributed by atoms with Crippen LogP contribution in [-0.4, -0.2) is 0 Å². The molecule has 0 amide bonds. The number of benzene rings is 2. The summed E-state index contributed by atoms with van der Waals surface area (Å²) in [6.07, 6.45) is 0. The third-order valence-electron chi connectivity index (χ3n) is 3.86. The third kappa shape index (κ3) is 2.14. The van der Waals surface area contributed by atoms with Crippen LogP contribution in [0.25, 0.3) is 0 Å². The van der Waals surface area contributed by atoms with Gasteiger partial charge in [-0.2, -0.15) is 0 Å². The molecule has 1 aliphatic rings. The van der Waals surface area contributed by atoms with Gasteiger partial charge in [0.1, 0.15) is 0 Å². The summed E-state index contributed by atoms with van der Waals surface area (Å²) < 4.78 is 27.6. The monoisotopic (exact) mass is 290 g/mol. The van der Waals surface area contributed by atoms with E-state index in [1.54, 1.807) is 17.8 Å². The lowest BCUT2D eigenvalue weighted by molar-refractivity contribution is 0.492. The van der Waals surface area contributed by atoms with Crippen molar-refractivity contribution in [2.45, 2.75) is 30.4 Å². The molecule has 0 saturated carbocycles. The van der Waals surface area contributed by atoms with Gasteiger partial charge in [-0.15, -0.1) is 11.8 Å². The molecule has 0 spiro atoms. The van der Waals surface area contributed by atoms with E-state index in [-0.39, 0.29) is 5.92 Å². The first-order valence-corrected chi connectivity index (χ1v) is 7.76. The maximum atomic E-state index is 14.1. The minimum atomic E-state index is -0.752. The number of halogens is 2. The molecular formula is C17H16F2S. The Kier molecular flexibility index (Phi) is 3.55. The predicted octanol–water partition coefficient (Wildman–Crippen LogP) is 5.36. The number of fused-ring (bicyclic) bond motifs is 2. The zero-order valence-corrected chi connectivity index (χ0v) is 12.3. The number of hydrogen-bond donors (Lipinski definition) is 0. The number of hydrogen-bond acceptors (Lipinski definition) is 1. The van der Waals surface area contributed by atoms with Gasteiger partial charge in [-0.1, -0.05) is 38.1 Å². The van der Waals surface area contributed by atoms with E-state index in [0.717, 1.165) is 5.56 Å². The van der Waals surface area contributed by atoms with E-state index in [1.165, 1.54) is 16.5 Å². The minimum absolute atomic E-state index is 0.117. The number of thioether (sulfide) groups is 1. The highest BCUT2D eigenvalue weighted by molar-refractivity contribution is 7.98. The van der Waals surface area contributed by atoms with Gasteiger partial charge in [0.15, 0.2) is 11.6 Å². The summed E-state index contributed by atoms with van der Waals surface area (Å²) in [5.41, 5.74) is 2.67. The molecule has 0 bridgehead atoms. The standard InChI is InChI=1S/C17H16F2S/c1-10(2)16-11-7-8-14(18)17(19)13(11)9-20-15-6-4-3-5-12(15)16/h3-8,10,16H,9H2,1-2H3. The topological polar surface area (TPSA) is 0 Å². The Hall–Kier alpha value is -1.35. The molecule has 0 N–H and O–H groups in total. The Balaban J connectivity index is 2.25. The van der Waals surface area contributed by atoms with Crippen LogP contribution in [0.1, 0.15) is 36.5 Å². The van der Waals surface area contributed by atoms with Gasteiger partial charge in [0, 0.05) is 22.1 Å². The molecule has 0 radical (unpaired) electrons. The van der Waals surface area contributed by atoms with Gasteiger partial charge in [0.25, 0.3) is 0 Å². The highest BCUT2D eigenvalue weighted by atomic mass is 32.2. The molecule has 104 valence electrons.